The summed E-state index contributed by atoms with van der Waals surface area (Å²) in [6.07, 6.45) is 0. The maximum Gasteiger partial charge on any atom is 0.344 e. The van der Waals surface area contributed by atoms with Gasteiger partial charge in [-0.15, -0.1) is 0 Å². The summed E-state index contributed by atoms with van der Waals surface area (Å²) in [7, 11) is 1.69. The van der Waals surface area contributed by atoms with E-state index in [1.54, 1.807) is 19.2 Å². The summed E-state index contributed by atoms with van der Waals surface area (Å²) < 4.78 is 5.22. The van der Waals surface area contributed by atoms with Crippen molar-refractivity contribution in [1.29, 1.82) is 0 Å². The third-order valence-electron chi connectivity index (χ3n) is 3.74. The molecule has 116 valence electrons. The second-order valence-electron chi connectivity index (χ2n) is 5.64. The number of benzene rings is 2. The molecule has 0 aliphatic rings. The quantitative estimate of drug-likeness (QED) is 0.745. The second kappa shape index (κ2) is 6.08. The zero-order valence-corrected chi connectivity index (χ0v) is 13.1. The van der Waals surface area contributed by atoms with Gasteiger partial charge in [0.2, 0.25) is 0 Å². The van der Waals surface area contributed by atoms with E-state index in [0.29, 0.717) is 17.3 Å². The van der Waals surface area contributed by atoms with Crippen LogP contribution in [0.15, 0.2) is 63.8 Å². The Labute approximate surface area is 134 Å². The molecule has 0 unspecified atom stereocenters. The van der Waals surface area contributed by atoms with E-state index in [9.17, 15) is 9.59 Å². The monoisotopic (exact) mass is 307 g/mol. The number of rotatable bonds is 3. The van der Waals surface area contributed by atoms with Crippen molar-refractivity contribution in [3.63, 3.8) is 0 Å². The van der Waals surface area contributed by atoms with Crippen molar-refractivity contribution in [3.8, 4) is 0 Å². The van der Waals surface area contributed by atoms with Gasteiger partial charge in [-0.25, -0.2) is 4.79 Å². The molecule has 0 saturated heterocycles. The Morgan fingerprint density at radius 1 is 1.09 bits per heavy atom. The number of hydrogen-bond acceptors (Lipinski definition) is 3. The first-order valence-electron chi connectivity index (χ1n) is 7.38. The van der Waals surface area contributed by atoms with Gasteiger partial charge in [0, 0.05) is 13.6 Å². The number of carbonyl (C=O) groups excluding carboxylic acids is 1. The van der Waals surface area contributed by atoms with E-state index in [1.165, 1.54) is 4.90 Å². The summed E-state index contributed by atoms with van der Waals surface area (Å²) in [6, 6.07) is 16.8. The Morgan fingerprint density at radius 3 is 2.57 bits per heavy atom. The van der Waals surface area contributed by atoms with Crippen LogP contribution in [-0.4, -0.2) is 17.9 Å². The van der Waals surface area contributed by atoms with E-state index in [1.807, 2.05) is 49.4 Å². The van der Waals surface area contributed by atoms with Gasteiger partial charge in [-0.05, 0) is 30.0 Å². The predicted octanol–water partition coefficient (Wildman–Crippen LogP) is 3.37. The lowest BCUT2D eigenvalue weighted by Crippen LogP contribution is -2.27. The van der Waals surface area contributed by atoms with E-state index in [2.05, 4.69) is 0 Å². The molecule has 4 heteroatoms. The molecule has 2 aromatic carbocycles. The van der Waals surface area contributed by atoms with Crippen molar-refractivity contribution in [2.45, 2.75) is 13.5 Å². The molecule has 1 aromatic heterocycles. The van der Waals surface area contributed by atoms with Crippen LogP contribution >= 0.6 is 0 Å². The Morgan fingerprint density at radius 2 is 1.83 bits per heavy atom. The van der Waals surface area contributed by atoms with Crippen molar-refractivity contribution in [1.82, 2.24) is 4.90 Å². The highest BCUT2D eigenvalue weighted by atomic mass is 16.4. The van der Waals surface area contributed by atoms with Gasteiger partial charge in [0.15, 0.2) is 5.76 Å². The van der Waals surface area contributed by atoms with Crippen LogP contribution in [0.1, 0.15) is 21.7 Å². The van der Waals surface area contributed by atoms with Crippen LogP contribution < -0.4 is 5.63 Å². The van der Waals surface area contributed by atoms with Crippen LogP contribution in [-0.2, 0) is 6.54 Å². The second-order valence-corrected chi connectivity index (χ2v) is 5.64. The van der Waals surface area contributed by atoms with Crippen LogP contribution in [0.25, 0.3) is 10.8 Å². The fourth-order valence-corrected chi connectivity index (χ4v) is 2.52. The average molecular weight is 307 g/mol. The molecule has 0 spiro atoms. The summed E-state index contributed by atoms with van der Waals surface area (Å²) in [6.45, 7) is 2.36. The molecule has 0 fully saturated rings. The van der Waals surface area contributed by atoms with Gasteiger partial charge in [0.25, 0.3) is 5.91 Å². The molecular weight excluding hydrogens is 290 g/mol. The maximum absolute atomic E-state index is 12.5. The molecule has 0 aliphatic heterocycles. The minimum atomic E-state index is -0.484. The number of fused-ring (bicyclic) bond motifs is 1. The van der Waals surface area contributed by atoms with E-state index >= 15 is 0 Å². The lowest BCUT2D eigenvalue weighted by Gasteiger charge is -2.16. The summed E-state index contributed by atoms with van der Waals surface area (Å²) in [5.41, 5.74) is 1.51. The topological polar surface area (TPSA) is 50.5 Å². The molecule has 3 aromatic rings. The minimum absolute atomic E-state index is 0.0600. The summed E-state index contributed by atoms with van der Waals surface area (Å²) in [5, 5.41) is 1.20. The number of carbonyl (C=O) groups is 1. The molecule has 4 nitrogen and oxygen atoms in total. The van der Waals surface area contributed by atoms with Crippen molar-refractivity contribution in [2.24, 2.45) is 0 Å². The van der Waals surface area contributed by atoms with E-state index < -0.39 is 5.63 Å². The van der Waals surface area contributed by atoms with E-state index in [0.717, 1.165) is 11.1 Å². The zero-order valence-electron chi connectivity index (χ0n) is 13.1. The summed E-state index contributed by atoms with van der Waals surface area (Å²) in [5.74, 6) is -0.252. The van der Waals surface area contributed by atoms with Gasteiger partial charge in [-0.1, -0.05) is 48.0 Å². The number of aryl methyl sites for hydroxylation is 1. The van der Waals surface area contributed by atoms with Gasteiger partial charge in [-0.2, -0.15) is 0 Å². The standard InChI is InChI=1S/C19H17NO3/c1-13-8-9-15-11-17(23-19(22)16(15)10-13)18(21)20(2)12-14-6-4-3-5-7-14/h3-11H,12H2,1-2H3. The van der Waals surface area contributed by atoms with Crippen molar-refractivity contribution in [2.75, 3.05) is 7.05 Å². The molecule has 0 radical (unpaired) electrons. The SMILES string of the molecule is Cc1ccc2cc(C(=O)N(C)Cc3ccccc3)oc(=O)c2c1. The lowest BCUT2D eigenvalue weighted by molar-refractivity contribution is 0.0749. The highest BCUT2D eigenvalue weighted by molar-refractivity contribution is 5.95. The van der Waals surface area contributed by atoms with Crippen molar-refractivity contribution in [3.05, 3.63) is 81.9 Å². The third kappa shape index (κ3) is 3.16. The van der Waals surface area contributed by atoms with Crippen molar-refractivity contribution < 1.29 is 9.21 Å². The Kier molecular flexibility index (Phi) is 3.98. The molecule has 0 atom stereocenters. The van der Waals surface area contributed by atoms with Crippen LogP contribution in [0, 0.1) is 6.92 Å². The molecule has 0 N–H and O–H groups in total. The first-order chi connectivity index (χ1) is 11.0. The number of hydrogen-bond donors (Lipinski definition) is 0. The minimum Gasteiger partial charge on any atom is -0.417 e. The largest absolute Gasteiger partial charge is 0.417 e. The van der Waals surface area contributed by atoms with E-state index in [4.69, 9.17) is 4.42 Å². The highest BCUT2D eigenvalue weighted by Crippen LogP contribution is 2.15. The van der Waals surface area contributed by atoms with Crippen LogP contribution in [0.5, 0.6) is 0 Å². The third-order valence-corrected chi connectivity index (χ3v) is 3.74. The Hall–Kier alpha value is -2.88. The molecule has 3 rings (SSSR count). The molecule has 23 heavy (non-hydrogen) atoms. The smallest absolute Gasteiger partial charge is 0.344 e. The maximum atomic E-state index is 12.5. The van der Waals surface area contributed by atoms with Crippen LogP contribution in [0.2, 0.25) is 0 Å². The van der Waals surface area contributed by atoms with Gasteiger partial charge in [0.05, 0.1) is 5.39 Å². The number of amides is 1. The molecule has 0 aliphatic carbocycles. The highest BCUT2D eigenvalue weighted by Gasteiger charge is 2.16. The van der Waals surface area contributed by atoms with Gasteiger partial charge >= 0.3 is 5.63 Å². The van der Waals surface area contributed by atoms with E-state index in [-0.39, 0.29) is 11.7 Å². The normalized spacial score (nSPS) is 10.7. The fraction of sp³-hybridized carbons (Fsp3) is 0.158. The lowest BCUT2D eigenvalue weighted by atomic mass is 10.1. The first kappa shape index (κ1) is 15.0. The summed E-state index contributed by atoms with van der Waals surface area (Å²) in [4.78, 5) is 26.1. The molecule has 0 saturated carbocycles. The Balaban J connectivity index is 1.91. The Bertz CT molecular complexity index is 913. The fourth-order valence-electron chi connectivity index (χ4n) is 2.52. The predicted molar refractivity (Wildman–Crippen MR) is 89.5 cm³/mol. The van der Waals surface area contributed by atoms with Crippen LogP contribution in [0.4, 0.5) is 0 Å². The molecule has 1 heterocycles. The van der Waals surface area contributed by atoms with Gasteiger partial charge in [-0.3, -0.25) is 4.79 Å². The zero-order chi connectivity index (χ0) is 16.4. The summed E-state index contributed by atoms with van der Waals surface area (Å²) >= 11 is 0. The molecular formula is C19H17NO3. The first-order valence-corrected chi connectivity index (χ1v) is 7.38. The number of nitrogens with zero attached hydrogens (tertiary/aromatic N) is 1. The van der Waals surface area contributed by atoms with Crippen LogP contribution in [0.3, 0.4) is 0 Å². The van der Waals surface area contributed by atoms with Crippen molar-refractivity contribution >= 4 is 16.7 Å². The average Bonchev–Trinajstić information content (AvgIpc) is 2.55. The molecule has 0 bridgehead atoms. The molecule has 1 amide bonds. The van der Waals surface area contributed by atoms with Gasteiger partial charge in [0.1, 0.15) is 0 Å². The van der Waals surface area contributed by atoms with Gasteiger partial charge < -0.3 is 9.32 Å².